The summed E-state index contributed by atoms with van der Waals surface area (Å²) >= 11 is 1.68. The van der Waals surface area contributed by atoms with E-state index >= 15 is 0 Å². The summed E-state index contributed by atoms with van der Waals surface area (Å²) in [5.74, 6) is 0.0783. The maximum atomic E-state index is 12.5. The molecule has 1 aliphatic heterocycles. The summed E-state index contributed by atoms with van der Waals surface area (Å²) in [5, 5.41) is 7.28. The number of Topliss-reactive ketones (excluding diaryl/α,β-unsaturated/α-hetero) is 1. The lowest BCUT2D eigenvalue weighted by atomic mass is 10.1. The quantitative estimate of drug-likeness (QED) is 0.820. The zero-order valence-electron chi connectivity index (χ0n) is 15.3. The third-order valence-electron chi connectivity index (χ3n) is 4.70. The molecule has 3 rings (SSSR count). The average molecular weight is 372 g/mol. The Morgan fingerprint density at radius 2 is 1.81 bits per heavy atom. The molecule has 0 radical (unpaired) electrons. The van der Waals surface area contributed by atoms with Gasteiger partial charge in [0.1, 0.15) is 0 Å². The molecule has 5 nitrogen and oxygen atoms in total. The standard InChI is InChI=1S/C20H25N3O2S/c1-15(13-17-7-12-26-14-17)21-20(25)23-10-8-22(9-11-23)19-5-3-18(4-6-19)16(2)24/h3-7,12,14-15H,8-11,13H2,1-2H3,(H,21,25). The fourth-order valence-corrected chi connectivity index (χ4v) is 3.87. The van der Waals surface area contributed by atoms with E-state index in [-0.39, 0.29) is 17.9 Å². The smallest absolute Gasteiger partial charge is 0.317 e. The lowest BCUT2D eigenvalue weighted by molar-refractivity contribution is 0.101. The fraction of sp³-hybridized carbons (Fsp3) is 0.400. The van der Waals surface area contributed by atoms with Crippen molar-refractivity contribution in [3.8, 4) is 0 Å². The van der Waals surface area contributed by atoms with Gasteiger partial charge in [0.05, 0.1) is 0 Å². The summed E-state index contributed by atoms with van der Waals surface area (Å²) in [6.45, 7) is 6.61. The van der Waals surface area contributed by atoms with Crippen molar-refractivity contribution in [2.45, 2.75) is 26.3 Å². The number of amides is 2. The van der Waals surface area contributed by atoms with Gasteiger partial charge in [0.15, 0.2) is 5.78 Å². The number of carbonyl (C=O) groups excluding carboxylic acids is 2. The molecule has 1 saturated heterocycles. The van der Waals surface area contributed by atoms with Crippen molar-refractivity contribution in [3.05, 3.63) is 52.2 Å². The van der Waals surface area contributed by atoms with Crippen molar-refractivity contribution < 1.29 is 9.59 Å². The number of nitrogens with zero attached hydrogens (tertiary/aromatic N) is 2. The van der Waals surface area contributed by atoms with Gasteiger partial charge < -0.3 is 15.1 Å². The highest BCUT2D eigenvalue weighted by molar-refractivity contribution is 7.07. The minimum absolute atomic E-state index is 0.0132. The molecule has 1 aromatic carbocycles. The van der Waals surface area contributed by atoms with Crippen LogP contribution in [0.4, 0.5) is 10.5 Å². The number of benzene rings is 1. The zero-order chi connectivity index (χ0) is 18.5. The third-order valence-corrected chi connectivity index (χ3v) is 5.43. The van der Waals surface area contributed by atoms with Crippen molar-refractivity contribution in [3.63, 3.8) is 0 Å². The summed E-state index contributed by atoms with van der Waals surface area (Å²) in [5.41, 5.74) is 3.09. The Labute approximate surface area is 158 Å². The van der Waals surface area contributed by atoms with Crippen molar-refractivity contribution >= 4 is 28.8 Å². The lowest BCUT2D eigenvalue weighted by Gasteiger charge is -2.36. The zero-order valence-corrected chi connectivity index (χ0v) is 16.1. The van der Waals surface area contributed by atoms with Gasteiger partial charge in [-0.05, 0) is 66.9 Å². The number of thiophene rings is 1. The predicted molar refractivity (Wildman–Crippen MR) is 106 cm³/mol. The topological polar surface area (TPSA) is 52.7 Å². The van der Waals surface area contributed by atoms with E-state index in [1.807, 2.05) is 36.1 Å². The van der Waals surface area contributed by atoms with Crippen LogP contribution in [0.1, 0.15) is 29.8 Å². The number of carbonyl (C=O) groups is 2. The fourth-order valence-electron chi connectivity index (χ4n) is 3.19. The third kappa shape index (κ3) is 4.64. The number of rotatable bonds is 5. The van der Waals surface area contributed by atoms with Crippen LogP contribution < -0.4 is 10.2 Å². The van der Waals surface area contributed by atoms with Crippen LogP contribution in [0.15, 0.2) is 41.1 Å². The van der Waals surface area contributed by atoms with Crippen LogP contribution in [0.25, 0.3) is 0 Å². The molecule has 2 aromatic rings. The van der Waals surface area contributed by atoms with Crippen molar-refractivity contribution in [1.29, 1.82) is 0 Å². The van der Waals surface area contributed by atoms with E-state index < -0.39 is 0 Å². The Morgan fingerprint density at radius 1 is 1.12 bits per heavy atom. The van der Waals surface area contributed by atoms with Gasteiger partial charge in [-0.25, -0.2) is 4.79 Å². The van der Waals surface area contributed by atoms with Crippen LogP contribution >= 0.6 is 11.3 Å². The van der Waals surface area contributed by atoms with E-state index in [0.717, 1.165) is 30.8 Å². The first-order chi connectivity index (χ1) is 12.5. The van der Waals surface area contributed by atoms with E-state index in [1.54, 1.807) is 18.3 Å². The number of piperazine rings is 1. The van der Waals surface area contributed by atoms with Gasteiger partial charge in [-0.1, -0.05) is 0 Å². The molecule has 1 fully saturated rings. The monoisotopic (exact) mass is 371 g/mol. The number of ketones is 1. The molecule has 0 spiro atoms. The molecular formula is C20H25N3O2S. The summed E-state index contributed by atoms with van der Waals surface area (Å²) in [4.78, 5) is 28.0. The molecule has 0 saturated carbocycles. The minimum atomic E-state index is 0.0132. The van der Waals surface area contributed by atoms with E-state index in [1.165, 1.54) is 5.56 Å². The van der Waals surface area contributed by atoms with Gasteiger partial charge >= 0.3 is 6.03 Å². The Hall–Kier alpha value is -2.34. The Balaban J connectivity index is 1.48. The number of hydrogen-bond donors (Lipinski definition) is 1. The van der Waals surface area contributed by atoms with Gasteiger partial charge in [-0.3, -0.25) is 4.79 Å². The van der Waals surface area contributed by atoms with E-state index in [9.17, 15) is 9.59 Å². The molecule has 1 aliphatic rings. The van der Waals surface area contributed by atoms with Crippen LogP contribution in [-0.2, 0) is 6.42 Å². The molecular weight excluding hydrogens is 346 g/mol. The maximum Gasteiger partial charge on any atom is 0.317 e. The van der Waals surface area contributed by atoms with Gasteiger partial charge in [0, 0.05) is 43.5 Å². The second kappa shape index (κ2) is 8.36. The molecule has 1 aromatic heterocycles. The molecule has 26 heavy (non-hydrogen) atoms. The molecule has 0 bridgehead atoms. The first-order valence-electron chi connectivity index (χ1n) is 8.95. The molecule has 0 aliphatic carbocycles. The van der Waals surface area contributed by atoms with Crippen LogP contribution in [-0.4, -0.2) is 48.9 Å². The molecule has 2 amide bonds. The van der Waals surface area contributed by atoms with Crippen LogP contribution in [0, 0.1) is 0 Å². The SMILES string of the molecule is CC(=O)c1ccc(N2CCN(C(=O)NC(C)Cc3ccsc3)CC2)cc1. The van der Waals surface area contributed by atoms with Crippen LogP contribution in [0.5, 0.6) is 0 Å². The summed E-state index contributed by atoms with van der Waals surface area (Å²) in [6, 6.07) is 9.92. The number of urea groups is 1. The molecule has 1 N–H and O–H groups in total. The molecule has 1 atom stereocenters. The highest BCUT2D eigenvalue weighted by Crippen LogP contribution is 2.18. The van der Waals surface area contributed by atoms with Gasteiger partial charge in [-0.2, -0.15) is 11.3 Å². The van der Waals surface area contributed by atoms with E-state index in [4.69, 9.17) is 0 Å². The summed E-state index contributed by atoms with van der Waals surface area (Å²) in [7, 11) is 0. The normalized spacial score (nSPS) is 15.6. The Kier molecular flexibility index (Phi) is 5.93. The van der Waals surface area contributed by atoms with E-state index in [0.29, 0.717) is 13.1 Å². The minimum Gasteiger partial charge on any atom is -0.368 e. The van der Waals surface area contributed by atoms with Gasteiger partial charge in [-0.15, -0.1) is 0 Å². The second-order valence-electron chi connectivity index (χ2n) is 6.76. The van der Waals surface area contributed by atoms with E-state index in [2.05, 4.69) is 27.0 Å². The first kappa shape index (κ1) is 18.5. The Bertz CT molecular complexity index is 735. The Morgan fingerprint density at radius 3 is 2.38 bits per heavy atom. The number of nitrogens with one attached hydrogen (secondary N) is 1. The van der Waals surface area contributed by atoms with Crippen molar-refractivity contribution in [2.75, 3.05) is 31.1 Å². The van der Waals surface area contributed by atoms with Crippen molar-refractivity contribution in [1.82, 2.24) is 10.2 Å². The second-order valence-corrected chi connectivity index (χ2v) is 7.54. The molecule has 6 heteroatoms. The number of hydrogen-bond acceptors (Lipinski definition) is 4. The largest absolute Gasteiger partial charge is 0.368 e. The average Bonchev–Trinajstić information content (AvgIpc) is 3.14. The molecule has 138 valence electrons. The predicted octanol–water partition coefficient (Wildman–Crippen LogP) is 3.41. The van der Waals surface area contributed by atoms with Crippen molar-refractivity contribution in [2.24, 2.45) is 0 Å². The molecule has 1 unspecified atom stereocenters. The molecule has 2 heterocycles. The first-order valence-corrected chi connectivity index (χ1v) is 9.89. The summed E-state index contributed by atoms with van der Waals surface area (Å²) < 4.78 is 0. The highest BCUT2D eigenvalue weighted by Gasteiger charge is 2.22. The number of anilines is 1. The van der Waals surface area contributed by atoms with Crippen LogP contribution in [0.3, 0.4) is 0 Å². The van der Waals surface area contributed by atoms with Gasteiger partial charge in [0.25, 0.3) is 0 Å². The lowest BCUT2D eigenvalue weighted by Crippen LogP contribution is -2.53. The van der Waals surface area contributed by atoms with Gasteiger partial charge in [0.2, 0.25) is 0 Å². The maximum absolute atomic E-state index is 12.5. The summed E-state index contributed by atoms with van der Waals surface area (Å²) in [6.07, 6.45) is 0.859. The highest BCUT2D eigenvalue weighted by atomic mass is 32.1. The van der Waals surface area contributed by atoms with Crippen LogP contribution in [0.2, 0.25) is 0 Å².